The molecule has 2 rings (SSSR count). The van der Waals surface area contributed by atoms with Crippen molar-refractivity contribution in [2.45, 2.75) is 26.9 Å². The number of thiophene rings is 1. The van der Waals surface area contributed by atoms with Crippen LogP contribution in [0, 0.1) is 5.92 Å². The van der Waals surface area contributed by atoms with Crippen molar-refractivity contribution in [1.82, 2.24) is 0 Å². The van der Waals surface area contributed by atoms with Gasteiger partial charge in [0.05, 0.1) is 18.8 Å². The highest BCUT2D eigenvalue weighted by Crippen LogP contribution is 2.36. The van der Waals surface area contributed by atoms with E-state index in [2.05, 4.69) is 5.32 Å². The largest absolute Gasteiger partial charge is 0.478 e. The number of carboxylic acids is 1. The molecule has 1 aliphatic rings. The van der Waals surface area contributed by atoms with Gasteiger partial charge in [-0.25, -0.2) is 4.79 Å². The molecule has 0 atom stereocenters. The van der Waals surface area contributed by atoms with Gasteiger partial charge in [0, 0.05) is 10.8 Å². The van der Waals surface area contributed by atoms with Crippen LogP contribution < -0.4 is 5.32 Å². The lowest BCUT2D eigenvalue weighted by Gasteiger charge is -2.12. The fraction of sp³-hybridized carbons (Fsp3) is 0.500. The third-order valence-electron chi connectivity index (χ3n) is 2.80. The smallest absolute Gasteiger partial charge is 0.339 e. The highest BCUT2D eigenvalue weighted by Gasteiger charge is 2.26. The maximum absolute atomic E-state index is 11.7. The highest BCUT2D eigenvalue weighted by atomic mass is 32.1. The Kier molecular flexibility index (Phi) is 3.68. The Bertz CT molecular complexity index is 493. The molecule has 0 spiro atoms. The summed E-state index contributed by atoms with van der Waals surface area (Å²) in [6.07, 6.45) is 0.588. The van der Waals surface area contributed by atoms with E-state index in [1.807, 2.05) is 0 Å². The van der Waals surface area contributed by atoms with Crippen LogP contribution in [-0.4, -0.2) is 23.6 Å². The van der Waals surface area contributed by atoms with Crippen LogP contribution in [-0.2, 0) is 22.6 Å². The molecule has 0 aromatic carbocycles. The van der Waals surface area contributed by atoms with Gasteiger partial charge in [0.1, 0.15) is 5.00 Å². The van der Waals surface area contributed by atoms with Gasteiger partial charge in [-0.3, -0.25) is 4.79 Å². The van der Waals surface area contributed by atoms with Crippen molar-refractivity contribution in [3.63, 3.8) is 0 Å². The van der Waals surface area contributed by atoms with Gasteiger partial charge in [-0.2, -0.15) is 0 Å². The van der Waals surface area contributed by atoms with Gasteiger partial charge < -0.3 is 15.2 Å². The van der Waals surface area contributed by atoms with Crippen molar-refractivity contribution in [1.29, 1.82) is 0 Å². The number of carbonyl (C=O) groups excluding carboxylic acids is 1. The van der Waals surface area contributed by atoms with E-state index in [0.29, 0.717) is 24.6 Å². The number of anilines is 1. The van der Waals surface area contributed by atoms with Gasteiger partial charge in [0.15, 0.2) is 0 Å². The van der Waals surface area contributed by atoms with Crippen LogP contribution in [0.25, 0.3) is 0 Å². The van der Waals surface area contributed by atoms with Gasteiger partial charge in [0.2, 0.25) is 5.91 Å². The lowest BCUT2D eigenvalue weighted by Crippen LogP contribution is -2.19. The number of rotatable bonds is 3. The summed E-state index contributed by atoms with van der Waals surface area (Å²) in [5.74, 6) is -1.34. The highest BCUT2D eigenvalue weighted by molar-refractivity contribution is 7.17. The number of hydrogen-bond donors (Lipinski definition) is 2. The van der Waals surface area contributed by atoms with Gasteiger partial charge in [-0.15, -0.1) is 11.3 Å². The van der Waals surface area contributed by atoms with E-state index in [9.17, 15) is 14.7 Å². The molecule has 0 bridgehead atoms. The molecule has 1 aromatic rings. The fourth-order valence-corrected chi connectivity index (χ4v) is 2.98. The molecule has 5 nitrogen and oxygen atoms in total. The standard InChI is InChI=1S/C12H15NO4S/c1-6(2)10(14)13-11-9(12(15)16)7-3-4-17-5-8(7)18-11/h6H,3-5H2,1-2H3,(H,13,14)(H,15,16). The van der Waals surface area contributed by atoms with Crippen LogP contribution in [0.1, 0.15) is 34.6 Å². The average Bonchev–Trinajstić information content (AvgIpc) is 2.66. The third-order valence-corrected chi connectivity index (χ3v) is 3.92. The van der Waals surface area contributed by atoms with Crippen LogP contribution in [0.3, 0.4) is 0 Å². The lowest BCUT2D eigenvalue weighted by atomic mass is 10.1. The Hall–Kier alpha value is -1.40. The number of hydrogen-bond acceptors (Lipinski definition) is 4. The molecule has 6 heteroatoms. The Balaban J connectivity index is 2.37. The Morgan fingerprint density at radius 3 is 2.78 bits per heavy atom. The van der Waals surface area contributed by atoms with E-state index >= 15 is 0 Å². The number of amides is 1. The molecule has 1 aliphatic heterocycles. The first kappa shape index (κ1) is 13.0. The van der Waals surface area contributed by atoms with E-state index in [-0.39, 0.29) is 17.4 Å². The molecule has 0 fully saturated rings. The summed E-state index contributed by atoms with van der Waals surface area (Å²) in [5.41, 5.74) is 1.03. The molecule has 2 N–H and O–H groups in total. The number of carbonyl (C=O) groups is 2. The van der Waals surface area contributed by atoms with E-state index in [4.69, 9.17) is 4.74 Å². The SMILES string of the molecule is CC(C)C(=O)Nc1sc2c(c1C(=O)O)CCOC2. The minimum atomic E-state index is -0.992. The lowest BCUT2D eigenvalue weighted by molar-refractivity contribution is -0.118. The average molecular weight is 269 g/mol. The Morgan fingerprint density at radius 2 is 2.17 bits per heavy atom. The van der Waals surface area contributed by atoms with Gasteiger partial charge in [-0.05, 0) is 12.0 Å². The molecule has 98 valence electrons. The number of fused-ring (bicyclic) bond motifs is 1. The maximum atomic E-state index is 11.7. The zero-order valence-electron chi connectivity index (χ0n) is 10.3. The molecule has 0 aliphatic carbocycles. The molecular weight excluding hydrogens is 254 g/mol. The number of carboxylic acid groups (broad SMARTS) is 1. The molecule has 0 unspecified atom stereocenters. The van der Waals surface area contributed by atoms with Crippen molar-refractivity contribution in [2.24, 2.45) is 5.92 Å². The molecule has 2 heterocycles. The quantitative estimate of drug-likeness (QED) is 0.881. The second-order valence-corrected chi connectivity index (χ2v) is 5.56. The van der Waals surface area contributed by atoms with Crippen molar-refractivity contribution >= 4 is 28.2 Å². The van der Waals surface area contributed by atoms with Crippen molar-refractivity contribution < 1.29 is 19.4 Å². The third kappa shape index (κ3) is 2.39. The second kappa shape index (κ2) is 5.07. The van der Waals surface area contributed by atoms with Crippen LogP contribution >= 0.6 is 11.3 Å². The van der Waals surface area contributed by atoms with E-state index in [1.165, 1.54) is 11.3 Å². The Morgan fingerprint density at radius 1 is 1.44 bits per heavy atom. The predicted molar refractivity (Wildman–Crippen MR) is 68.1 cm³/mol. The Labute approximate surface area is 109 Å². The summed E-state index contributed by atoms with van der Waals surface area (Å²) in [6.45, 7) is 4.50. The summed E-state index contributed by atoms with van der Waals surface area (Å²) in [7, 11) is 0. The normalized spacial score (nSPS) is 14.4. The molecule has 1 aromatic heterocycles. The number of nitrogens with one attached hydrogen (secondary N) is 1. The first-order valence-corrected chi connectivity index (χ1v) is 6.58. The maximum Gasteiger partial charge on any atom is 0.339 e. The summed E-state index contributed by atoms with van der Waals surface area (Å²) in [4.78, 5) is 23.9. The molecular formula is C12H15NO4S. The van der Waals surface area contributed by atoms with Crippen molar-refractivity contribution in [2.75, 3.05) is 11.9 Å². The number of aromatic carboxylic acids is 1. The van der Waals surface area contributed by atoms with Crippen LogP contribution in [0.15, 0.2) is 0 Å². The van der Waals surface area contributed by atoms with E-state index < -0.39 is 5.97 Å². The van der Waals surface area contributed by atoms with Gasteiger partial charge in [-0.1, -0.05) is 13.8 Å². The minimum absolute atomic E-state index is 0.169. The van der Waals surface area contributed by atoms with Gasteiger partial charge >= 0.3 is 5.97 Å². The predicted octanol–water partition coefficient (Wildman–Crippen LogP) is 2.11. The fourth-order valence-electron chi connectivity index (χ4n) is 1.80. The molecule has 0 radical (unpaired) electrons. The summed E-state index contributed by atoms with van der Waals surface area (Å²) in [6, 6.07) is 0. The summed E-state index contributed by atoms with van der Waals surface area (Å²) in [5, 5.41) is 12.4. The monoisotopic (exact) mass is 269 g/mol. The van der Waals surface area contributed by atoms with Crippen molar-refractivity contribution in [3.8, 4) is 0 Å². The van der Waals surface area contributed by atoms with E-state index in [1.54, 1.807) is 13.8 Å². The van der Waals surface area contributed by atoms with E-state index in [0.717, 1.165) is 10.4 Å². The zero-order chi connectivity index (χ0) is 13.3. The molecule has 0 saturated carbocycles. The summed E-state index contributed by atoms with van der Waals surface area (Å²) >= 11 is 1.30. The van der Waals surface area contributed by atoms with Crippen LogP contribution in [0.2, 0.25) is 0 Å². The van der Waals surface area contributed by atoms with Crippen LogP contribution in [0.4, 0.5) is 5.00 Å². The first-order valence-electron chi connectivity index (χ1n) is 5.77. The first-order chi connectivity index (χ1) is 8.50. The summed E-state index contributed by atoms with van der Waals surface area (Å²) < 4.78 is 5.30. The minimum Gasteiger partial charge on any atom is -0.478 e. The molecule has 0 saturated heterocycles. The van der Waals surface area contributed by atoms with Crippen molar-refractivity contribution in [3.05, 3.63) is 16.0 Å². The topological polar surface area (TPSA) is 75.6 Å². The van der Waals surface area contributed by atoms with Crippen LogP contribution in [0.5, 0.6) is 0 Å². The molecule has 1 amide bonds. The van der Waals surface area contributed by atoms with Gasteiger partial charge in [0.25, 0.3) is 0 Å². The number of ether oxygens (including phenoxy) is 1. The second-order valence-electron chi connectivity index (χ2n) is 4.46. The zero-order valence-corrected chi connectivity index (χ0v) is 11.1. The molecule has 18 heavy (non-hydrogen) atoms.